The van der Waals surface area contributed by atoms with Gasteiger partial charge in [-0.25, -0.2) is 0 Å². The first-order chi connectivity index (χ1) is 8.65. The van der Waals surface area contributed by atoms with Gasteiger partial charge in [-0.2, -0.15) is 0 Å². The van der Waals surface area contributed by atoms with Crippen LogP contribution in [0.15, 0.2) is 24.3 Å². The van der Waals surface area contributed by atoms with Crippen LogP contribution < -0.4 is 10.1 Å². The van der Waals surface area contributed by atoms with Crippen LogP contribution in [0.1, 0.15) is 39.3 Å². The predicted molar refractivity (Wildman–Crippen MR) is 75.1 cm³/mol. The van der Waals surface area contributed by atoms with E-state index in [0.29, 0.717) is 19.3 Å². The van der Waals surface area contributed by atoms with Crippen LogP contribution in [0.5, 0.6) is 5.75 Å². The van der Waals surface area contributed by atoms with E-state index in [-0.39, 0.29) is 6.10 Å². The third-order valence-corrected chi connectivity index (χ3v) is 2.69. The summed E-state index contributed by atoms with van der Waals surface area (Å²) in [5.74, 6) is 0.943. The molecule has 1 atom stereocenters. The molecule has 0 saturated heterocycles. The number of hydrogen-bond acceptors (Lipinski definition) is 3. The molecule has 1 N–H and O–H groups in total. The molecule has 0 bridgehead atoms. The average Bonchev–Trinajstić information content (AvgIpc) is 2.35. The predicted octanol–water partition coefficient (Wildman–Crippen LogP) is 3.16. The van der Waals surface area contributed by atoms with Crippen molar-refractivity contribution in [3.63, 3.8) is 0 Å². The molecule has 1 aromatic carbocycles. The Labute approximate surface area is 110 Å². The highest BCUT2D eigenvalue weighted by molar-refractivity contribution is 5.35. The van der Waals surface area contributed by atoms with Crippen molar-refractivity contribution >= 4 is 0 Å². The minimum atomic E-state index is 0.254. The average molecular weight is 251 g/mol. The van der Waals surface area contributed by atoms with E-state index in [1.165, 1.54) is 5.56 Å². The zero-order chi connectivity index (χ0) is 13.4. The molecular weight excluding hydrogens is 226 g/mol. The van der Waals surface area contributed by atoms with Gasteiger partial charge < -0.3 is 14.8 Å². The van der Waals surface area contributed by atoms with Crippen LogP contribution >= 0.6 is 0 Å². The van der Waals surface area contributed by atoms with Gasteiger partial charge >= 0.3 is 0 Å². The second-order valence-electron chi connectivity index (χ2n) is 4.59. The van der Waals surface area contributed by atoms with Gasteiger partial charge in [-0.15, -0.1) is 0 Å². The Kier molecular flexibility index (Phi) is 6.76. The van der Waals surface area contributed by atoms with E-state index in [4.69, 9.17) is 9.47 Å². The van der Waals surface area contributed by atoms with Crippen LogP contribution in [0, 0.1) is 0 Å². The lowest BCUT2D eigenvalue weighted by molar-refractivity contribution is 0.0549. The van der Waals surface area contributed by atoms with Crippen molar-refractivity contribution in [3.8, 4) is 5.75 Å². The molecule has 102 valence electrons. The summed E-state index contributed by atoms with van der Waals surface area (Å²) in [6, 6.07) is 8.46. The SMILES string of the molecule is CCNC(C)c1ccccc1OCCOC(C)C. The molecule has 3 heteroatoms. The molecule has 3 nitrogen and oxygen atoms in total. The molecule has 0 aliphatic rings. The second kappa shape index (κ2) is 8.11. The zero-order valence-electron chi connectivity index (χ0n) is 11.9. The van der Waals surface area contributed by atoms with Crippen molar-refractivity contribution in [1.29, 1.82) is 0 Å². The van der Waals surface area contributed by atoms with Crippen LogP contribution in [0.25, 0.3) is 0 Å². The molecule has 18 heavy (non-hydrogen) atoms. The van der Waals surface area contributed by atoms with Gasteiger partial charge in [-0.05, 0) is 33.4 Å². The lowest BCUT2D eigenvalue weighted by Crippen LogP contribution is -2.19. The summed E-state index contributed by atoms with van der Waals surface area (Å²) in [4.78, 5) is 0. The number of para-hydroxylation sites is 1. The number of rotatable bonds is 8. The fourth-order valence-electron chi connectivity index (χ4n) is 1.82. The van der Waals surface area contributed by atoms with E-state index in [1.807, 2.05) is 32.0 Å². The monoisotopic (exact) mass is 251 g/mol. The van der Waals surface area contributed by atoms with E-state index in [1.54, 1.807) is 0 Å². The van der Waals surface area contributed by atoms with Gasteiger partial charge in [0.2, 0.25) is 0 Å². The van der Waals surface area contributed by atoms with Gasteiger partial charge in [0, 0.05) is 11.6 Å². The van der Waals surface area contributed by atoms with Crippen molar-refractivity contribution in [2.75, 3.05) is 19.8 Å². The first-order valence-electron chi connectivity index (χ1n) is 6.71. The molecule has 0 radical (unpaired) electrons. The van der Waals surface area contributed by atoms with Gasteiger partial charge in [0.15, 0.2) is 0 Å². The molecule has 1 rings (SSSR count). The highest BCUT2D eigenvalue weighted by Crippen LogP contribution is 2.24. The van der Waals surface area contributed by atoms with Crippen LogP contribution in [-0.4, -0.2) is 25.9 Å². The first-order valence-corrected chi connectivity index (χ1v) is 6.71. The van der Waals surface area contributed by atoms with Crippen molar-refractivity contribution in [2.24, 2.45) is 0 Å². The minimum absolute atomic E-state index is 0.254. The van der Waals surface area contributed by atoms with Crippen LogP contribution in [-0.2, 0) is 4.74 Å². The summed E-state index contributed by atoms with van der Waals surface area (Å²) < 4.78 is 11.3. The fraction of sp³-hybridized carbons (Fsp3) is 0.600. The second-order valence-corrected chi connectivity index (χ2v) is 4.59. The standard InChI is InChI=1S/C15H25NO2/c1-5-16-13(4)14-8-6-7-9-15(14)18-11-10-17-12(2)3/h6-9,12-13,16H,5,10-11H2,1-4H3. The third kappa shape index (κ3) is 5.07. The smallest absolute Gasteiger partial charge is 0.124 e. The normalized spacial score (nSPS) is 12.7. The Morgan fingerprint density at radius 3 is 2.50 bits per heavy atom. The van der Waals surface area contributed by atoms with Crippen molar-refractivity contribution in [2.45, 2.75) is 39.8 Å². The molecule has 0 aliphatic heterocycles. The maximum atomic E-state index is 5.79. The molecule has 0 heterocycles. The minimum Gasteiger partial charge on any atom is -0.491 e. The highest BCUT2D eigenvalue weighted by atomic mass is 16.5. The first kappa shape index (κ1) is 15.0. The summed E-state index contributed by atoms with van der Waals surface area (Å²) in [6.45, 7) is 10.5. The van der Waals surface area contributed by atoms with Gasteiger partial charge in [-0.1, -0.05) is 25.1 Å². The molecule has 0 saturated carbocycles. The number of ether oxygens (including phenoxy) is 2. The molecule has 0 aromatic heterocycles. The molecular formula is C15H25NO2. The molecule has 1 aromatic rings. The number of benzene rings is 1. The molecule has 0 aliphatic carbocycles. The highest BCUT2D eigenvalue weighted by Gasteiger charge is 2.09. The number of hydrogen-bond donors (Lipinski definition) is 1. The Morgan fingerprint density at radius 1 is 1.11 bits per heavy atom. The Bertz CT molecular complexity index is 339. The molecule has 0 fully saturated rings. The zero-order valence-corrected chi connectivity index (χ0v) is 11.9. The molecule has 0 amide bonds. The van der Waals surface area contributed by atoms with E-state index in [0.717, 1.165) is 12.3 Å². The van der Waals surface area contributed by atoms with E-state index >= 15 is 0 Å². The topological polar surface area (TPSA) is 30.5 Å². The number of nitrogens with one attached hydrogen (secondary N) is 1. The van der Waals surface area contributed by atoms with Gasteiger partial charge in [0.1, 0.15) is 12.4 Å². The summed E-state index contributed by atoms with van der Waals surface area (Å²) in [7, 11) is 0. The largest absolute Gasteiger partial charge is 0.491 e. The van der Waals surface area contributed by atoms with Crippen molar-refractivity contribution in [1.82, 2.24) is 5.32 Å². The summed E-state index contributed by atoms with van der Waals surface area (Å²) in [6.07, 6.45) is 0.254. The van der Waals surface area contributed by atoms with E-state index < -0.39 is 0 Å². The maximum absolute atomic E-state index is 5.79. The quantitative estimate of drug-likeness (QED) is 0.720. The van der Waals surface area contributed by atoms with Gasteiger partial charge in [0.05, 0.1) is 12.7 Å². The third-order valence-electron chi connectivity index (χ3n) is 2.69. The molecule has 0 spiro atoms. The van der Waals surface area contributed by atoms with Crippen molar-refractivity contribution < 1.29 is 9.47 Å². The fourth-order valence-corrected chi connectivity index (χ4v) is 1.82. The van der Waals surface area contributed by atoms with Crippen LogP contribution in [0.3, 0.4) is 0 Å². The van der Waals surface area contributed by atoms with Gasteiger partial charge in [-0.3, -0.25) is 0 Å². The lowest BCUT2D eigenvalue weighted by Gasteiger charge is -2.17. The molecule has 1 unspecified atom stereocenters. The summed E-state index contributed by atoms with van der Waals surface area (Å²) in [5.41, 5.74) is 1.20. The van der Waals surface area contributed by atoms with Gasteiger partial charge in [0.25, 0.3) is 0 Å². The summed E-state index contributed by atoms with van der Waals surface area (Å²) >= 11 is 0. The summed E-state index contributed by atoms with van der Waals surface area (Å²) in [5, 5.41) is 3.40. The van der Waals surface area contributed by atoms with E-state index in [9.17, 15) is 0 Å². The van der Waals surface area contributed by atoms with Crippen LogP contribution in [0.2, 0.25) is 0 Å². The van der Waals surface area contributed by atoms with Crippen molar-refractivity contribution in [3.05, 3.63) is 29.8 Å². The lowest BCUT2D eigenvalue weighted by atomic mass is 10.1. The Balaban J connectivity index is 2.53. The van der Waals surface area contributed by atoms with Crippen LogP contribution in [0.4, 0.5) is 0 Å². The maximum Gasteiger partial charge on any atom is 0.124 e. The Hall–Kier alpha value is -1.06. The van der Waals surface area contributed by atoms with E-state index in [2.05, 4.69) is 25.2 Å². The Morgan fingerprint density at radius 2 is 1.83 bits per heavy atom.